The van der Waals surface area contributed by atoms with E-state index in [9.17, 15) is 0 Å². The zero-order chi connectivity index (χ0) is 10.8. The van der Waals surface area contributed by atoms with Crippen LogP contribution < -0.4 is 4.90 Å². The van der Waals surface area contributed by atoms with Crippen molar-refractivity contribution in [1.82, 2.24) is 14.9 Å². The van der Waals surface area contributed by atoms with Crippen LogP contribution >= 0.6 is 11.6 Å². The van der Waals surface area contributed by atoms with Crippen LogP contribution in [0.2, 0.25) is 5.15 Å². The third-order valence-electron chi connectivity index (χ3n) is 2.88. The predicted octanol–water partition coefficient (Wildman–Crippen LogP) is 1.27. The van der Waals surface area contributed by atoms with Gasteiger partial charge in [-0.3, -0.25) is 4.98 Å². The Balaban J connectivity index is 2.12. The van der Waals surface area contributed by atoms with Crippen molar-refractivity contribution in [3.8, 4) is 0 Å². The topological polar surface area (TPSA) is 32.3 Å². The van der Waals surface area contributed by atoms with Crippen molar-refractivity contribution >= 4 is 17.4 Å². The fraction of sp³-hybridized carbons (Fsp3) is 0.600. The molecule has 2 heterocycles. The summed E-state index contributed by atoms with van der Waals surface area (Å²) in [6, 6.07) is 0.541. The summed E-state index contributed by atoms with van der Waals surface area (Å²) in [4.78, 5) is 12.9. The maximum absolute atomic E-state index is 5.82. The van der Waals surface area contributed by atoms with E-state index in [0.29, 0.717) is 11.2 Å². The molecule has 82 valence electrons. The van der Waals surface area contributed by atoms with E-state index in [2.05, 4.69) is 33.7 Å². The van der Waals surface area contributed by atoms with Gasteiger partial charge in [0.1, 0.15) is 11.0 Å². The van der Waals surface area contributed by atoms with Gasteiger partial charge in [-0.15, -0.1) is 0 Å². The smallest absolute Gasteiger partial charge is 0.149 e. The summed E-state index contributed by atoms with van der Waals surface area (Å²) in [6.45, 7) is 5.22. The first-order chi connectivity index (χ1) is 7.16. The van der Waals surface area contributed by atoms with Crippen LogP contribution in [0.15, 0.2) is 12.4 Å². The van der Waals surface area contributed by atoms with Crippen molar-refractivity contribution in [2.24, 2.45) is 0 Å². The van der Waals surface area contributed by atoms with Gasteiger partial charge in [0.05, 0.1) is 12.4 Å². The normalized spacial score (nSPS) is 23.1. The second-order valence-electron chi connectivity index (χ2n) is 3.98. The van der Waals surface area contributed by atoms with E-state index in [1.165, 1.54) is 0 Å². The van der Waals surface area contributed by atoms with E-state index in [1.807, 2.05) is 0 Å². The Morgan fingerprint density at radius 2 is 2.20 bits per heavy atom. The highest BCUT2D eigenvalue weighted by Gasteiger charge is 2.21. The Bertz CT molecular complexity index is 344. The van der Waals surface area contributed by atoms with Gasteiger partial charge in [-0.2, -0.15) is 0 Å². The molecule has 1 aliphatic heterocycles. The summed E-state index contributed by atoms with van der Waals surface area (Å²) < 4.78 is 0. The standard InChI is InChI=1S/C10H15ClN4/c1-8-7-15(4-3-14(8)2)10-6-12-5-9(11)13-10/h5-6,8H,3-4,7H2,1-2H3. The van der Waals surface area contributed by atoms with Crippen LogP contribution in [0.1, 0.15) is 6.92 Å². The number of halogens is 1. The largest absolute Gasteiger partial charge is 0.352 e. The molecule has 1 aromatic rings. The summed E-state index contributed by atoms with van der Waals surface area (Å²) >= 11 is 5.82. The van der Waals surface area contributed by atoms with Gasteiger partial charge in [-0.05, 0) is 14.0 Å². The van der Waals surface area contributed by atoms with E-state index in [1.54, 1.807) is 12.4 Å². The molecule has 1 fully saturated rings. The molecule has 0 aliphatic carbocycles. The fourth-order valence-electron chi connectivity index (χ4n) is 1.74. The average molecular weight is 227 g/mol. The minimum Gasteiger partial charge on any atom is -0.352 e. The lowest BCUT2D eigenvalue weighted by Crippen LogP contribution is -2.50. The lowest BCUT2D eigenvalue weighted by molar-refractivity contribution is 0.233. The highest BCUT2D eigenvalue weighted by atomic mass is 35.5. The molecule has 5 heteroatoms. The van der Waals surface area contributed by atoms with E-state index in [0.717, 1.165) is 25.5 Å². The third kappa shape index (κ3) is 2.38. The summed E-state index contributed by atoms with van der Waals surface area (Å²) in [5, 5.41) is 0.457. The van der Waals surface area contributed by atoms with E-state index in [-0.39, 0.29) is 0 Å². The molecule has 1 atom stereocenters. The van der Waals surface area contributed by atoms with Gasteiger partial charge >= 0.3 is 0 Å². The second-order valence-corrected chi connectivity index (χ2v) is 4.36. The first-order valence-corrected chi connectivity index (χ1v) is 5.47. The Morgan fingerprint density at radius 1 is 1.40 bits per heavy atom. The molecule has 0 aromatic carbocycles. The molecule has 0 spiro atoms. The first kappa shape index (κ1) is 10.6. The molecule has 0 saturated carbocycles. The molecule has 0 N–H and O–H groups in total. The summed E-state index contributed by atoms with van der Waals surface area (Å²) in [6.07, 6.45) is 3.33. The number of nitrogens with zero attached hydrogens (tertiary/aromatic N) is 4. The van der Waals surface area contributed by atoms with Gasteiger partial charge in [0, 0.05) is 25.7 Å². The Morgan fingerprint density at radius 3 is 2.87 bits per heavy atom. The van der Waals surface area contributed by atoms with Gasteiger partial charge in [0.2, 0.25) is 0 Å². The van der Waals surface area contributed by atoms with Crippen molar-refractivity contribution in [2.45, 2.75) is 13.0 Å². The fourth-order valence-corrected chi connectivity index (χ4v) is 1.88. The summed E-state index contributed by atoms with van der Waals surface area (Å²) in [7, 11) is 2.14. The maximum Gasteiger partial charge on any atom is 0.149 e. The van der Waals surface area contributed by atoms with E-state index < -0.39 is 0 Å². The number of likely N-dealkylation sites (N-methyl/N-ethyl adjacent to an activating group) is 1. The highest BCUT2D eigenvalue weighted by Crippen LogP contribution is 2.16. The quantitative estimate of drug-likeness (QED) is 0.722. The van der Waals surface area contributed by atoms with E-state index >= 15 is 0 Å². The molecule has 1 aromatic heterocycles. The minimum atomic E-state index is 0.457. The summed E-state index contributed by atoms with van der Waals surface area (Å²) in [5.41, 5.74) is 0. The number of rotatable bonds is 1. The van der Waals surface area contributed by atoms with Crippen molar-refractivity contribution in [1.29, 1.82) is 0 Å². The minimum absolute atomic E-state index is 0.457. The number of piperazine rings is 1. The Kier molecular flexibility index (Phi) is 3.07. The second kappa shape index (κ2) is 4.33. The Labute approximate surface area is 94.9 Å². The van der Waals surface area contributed by atoms with Gasteiger partial charge in [-0.25, -0.2) is 4.98 Å². The maximum atomic E-state index is 5.82. The molecule has 1 unspecified atom stereocenters. The van der Waals surface area contributed by atoms with Crippen LogP contribution in [-0.2, 0) is 0 Å². The SMILES string of the molecule is CC1CN(c2cncc(Cl)n2)CCN1C. The first-order valence-electron chi connectivity index (χ1n) is 5.09. The van der Waals surface area contributed by atoms with Gasteiger partial charge in [0.25, 0.3) is 0 Å². The van der Waals surface area contributed by atoms with Crippen LogP contribution in [0.4, 0.5) is 5.82 Å². The van der Waals surface area contributed by atoms with Crippen LogP contribution in [0.25, 0.3) is 0 Å². The number of hydrogen-bond acceptors (Lipinski definition) is 4. The monoisotopic (exact) mass is 226 g/mol. The lowest BCUT2D eigenvalue weighted by Gasteiger charge is -2.38. The zero-order valence-corrected chi connectivity index (χ0v) is 9.78. The van der Waals surface area contributed by atoms with Gasteiger partial charge in [0.15, 0.2) is 0 Å². The molecule has 4 nitrogen and oxygen atoms in total. The molecule has 0 radical (unpaired) electrons. The lowest BCUT2D eigenvalue weighted by atomic mass is 10.2. The van der Waals surface area contributed by atoms with Crippen LogP contribution in [0.5, 0.6) is 0 Å². The van der Waals surface area contributed by atoms with Crippen molar-refractivity contribution in [2.75, 3.05) is 31.6 Å². The average Bonchev–Trinajstić information content (AvgIpc) is 2.22. The molecule has 15 heavy (non-hydrogen) atoms. The predicted molar refractivity (Wildman–Crippen MR) is 61.3 cm³/mol. The van der Waals surface area contributed by atoms with Crippen molar-refractivity contribution in [3.63, 3.8) is 0 Å². The summed E-state index contributed by atoms with van der Waals surface area (Å²) in [5.74, 6) is 0.877. The van der Waals surface area contributed by atoms with Crippen LogP contribution in [0.3, 0.4) is 0 Å². The van der Waals surface area contributed by atoms with E-state index in [4.69, 9.17) is 11.6 Å². The zero-order valence-electron chi connectivity index (χ0n) is 9.02. The molecule has 0 amide bonds. The molecule has 0 bridgehead atoms. The van der Waals surface area contributed by atoms with Crippen LogP contribution in [0, 0.1) is 0 Å². The molecular formula is C10H15ClN4. The van der Waals surface area contributed by atoms with Crippen molar-refractivity contribution in [3.05, 3.63) is 17.5 Å². The number of aromatic nitrogens is 2. The third-order valence-corrected chi connectivity index (χ3v) is 3.06. The number of hydrogen-bond donors (Lipinski definition) is 0. The van der Waals surface area contributed by atoms with Gasteiger partial charge in [-0.1, -0.05) is 11.6 Å². The molecule has 1 aliphatic rings. The number of anilines is 1. The highest BCUT2D eigenvalue weighted by molar-refractivity contribution is 6.29. The molecule has 1 saturated heterocycles. The Hall–Kier alpha value is -0.870. The molecule has 2 rings (SSSR count). The van der Waals surface area contributed by atoms with Crippen molar-refractivity contribution < 1.29 is 0 Å². The molecular weight excluding hydrogens is 212 g/mol. The van der Waals surface area contributed by atoms with Gasteiger partial charge < -0.3 is 9.80 Å². The van der Waals surface area contributed by atoms with Crippen LogP contribution in [-0.4, -0.2) is 47.6 Å².